The molecule has 0 aliphatic heterocycles. The third-order valence-corrected chi connectivity index (χ3v) is 7.31. The van der Waals surface area contributed by atoms with Crippen molar-refractivity contribution in [1.29, 1.82) is 0 Å². The van der Waals surface area contributed by atoms with E-state index in [1.165, 1.54) is 14.0 Å². The Morgan fingerprint density at radius 1 is 1.17 bits per heavy atom. The Labute approximate surface area is 176 Å². The minimum Gasteiger partial charge on any atom is -0.493 e. The third kappa shape index (κ3) is 3.00. The van der Waals surface area contributed by atoms with Crippen molar-refractivity contribution in [3.05, 3.63) is 47.7 Å². The molecule has 30 heavy (non-hydrogen) atoms. The molecule has 0 amide bonds. The fourth-order valence-corrected chi connectivity index (χ4v) is 5.98. The first-order valence-electron chi connectivity index (χ1n) is 10.4. The van der Waals surface area contributed by atoms with Gasteiger partial charge in [-0.25, -0.2) is 0 Å². The van der Waals surface area contributed by atoms with E-state index in [1.54, 1.807) is 6.08 Å². The van der Waals surface area contributed by atoms with Gasteiger partial charge in [-0.05, 0) is 36.3 Å². The maximum Gasteiger partial charge on any atom is 0.302 e. The lowest BCUT2D eigenvalue weighted by atomic mass is 9.68. The van der Waals surface area contributed by atoms with Gasteiger partial charge in [-0.15, -0.1) is 0 Å². The van der Waals surface area contributed by atoms with Crippen LogP contribution < -0.4 is 0 Å². The quantitative estimate of drug-likeness (QED) is 0.506. The molecule has 3 aliphatic rings. The Bertz CT molecular complexity index is 890. The van der Waals surface area contributed by atoms with Gasteiger partial charge in [0.25, 0.3) is 0 Å². The van der Waals surface area contributed by atoms with Gasteiger partial charge in [0.15, 0.2) is 11.5 Å². The number of benzene rings is 1. The van der Waals surface area contributed by atoms with Crippen LogP contribution in [0.5, 0.6) is 0 Å². The largest absolute Gasteiger partial charge is 0.493 e. The lowest BCUT2D eigenvalue weighted by Crippen LogP contribution is -2.43. The van der Waals surface area contributed by atoms with Crippen LogP contribution in [0.25, 0.3) is 0 Å². The van der Waals surface area contributed by atoms with Crippen molar-refractivity contribution in [2.75, 3.05) is 20.3 Å². The Morgan fingerprint density at radius 2 is 1.90 bits per heavy atom. The summed E-state index contributed by atoms with van der Waals surface area (Å²) in [6, 6.07) is 9.90. The molecular formula is C24H28O6. The smallest absolute Gasteiger partial charge is 0.302 e. The summed E-state index contributed by atoms with van der Waals surface area (Å²) in [6.45, 7) is 4.20. The molecular weight excluding hydrogens is 384 g/mol. The fourth-order valence-electron chi connectivity index (χ4n) is 5.98. The van der Waals surface area contributed by atoms with Gasteiger partial charge in [0.2, 0.25) is 5.78 Å². The van der Waals surface area contributed by atoms with Crippen LogP contribution in [0.15, 0.2) is 42.2 Å². The number of allylic oxidation sites excluding steroid dienone is 2. The third-order valence-electron chi connectivity index (χ3n) is 7.31. The summed E-state index contributed by atoms with van der Waals surface area (Å²) < 4.78 is 16.7. The average Bonchev–Trinajstić information content (AvgIpc) is 3.15. The zero-order chi connectivity index (χ0) is 21.5. The van der Waals surface area contributed by atoms with Crippen molar-refractivity contribution >= 4 is 17.5 Å². The standard InChI is InChI=1S/C24H28O6/c1-15(25)30-14-23(2)19-10-9-17(13-29-12-16-7-5-4-6-8-16)24(19)11-18(28-3)21(26)20(23)22(24)27/h4-8,11,17,19-20H,9-10,12-14H2,1-3H3/t17-,19-,20+,23+,24-/m0/s1. The molecule has 3 aliphatic carbocycles. The predicted octanol–water partition coefficient (Wildman–Crippen LogP) is 3.10. The summed E-state index contributed by atoms with van der Waals surface area (Å²) in [5, 5.41) is 0. The van der Waals surface area contributed by atoms with E-state index in [9.17, 15) is 14.4 Å². The maximum absolute atomic E-state index is 13.6. The zero-order valence-corrected chi connectivity index (χ0v) is 17.7. The number of rotatable bonds is 7. The molecule has 6 heteroatoms. The second-order valence-corrected chi connectivity index (χ2v) is 8.92. The topological polar surface area (TPSA) is 78.9 Å². The first-order chi connectivity index (χ1) is 14.3. The molecule has 5 atom stereocenters. The molecule has 1 aromatic carbocycles. The average molecular weight is 412 g/mol. The second kappa shape index (κ2) is 7.65. The molecule has 6 nitrogen and oxygen atoms in total. The molecule has 1 aromatic rings. The molecule has 0 unspecified atom stereocenters. The molecule has 0 aromatic heterocycles. The number of carbonyl (C=O) groups is 3. The van der Waals surface area contributed by atoms with Crippen LogP contribution in [0.3, 0.4) is 0 Å². The number of fused-ring (bicyclic) bond motifs is 1. The number of esters is 1. The first-order valence-corrected chi connectivity index (χ1v) is 10.4. The van der Waals surface area contributed by atoms with Crippen molar-refractivity contribution in [2.24, 2.45) is 28.6 Å². The van der Waals surface area contributed by atoms with Gasteiger partial charge in [-0.3, -0.25) is 14.4 Å². The first kappa shape index (κ1) is 20.8. The van der Waals surface area contributed by atoms with Crippen LogP contribution in [-0.2, 0) is 35.2 Å². The van der Waals surface area contributed by atoms with Gasteiger partial charge in [0, 0.05) is 12.3 Å². The molecule has 2 bridgehead atoms. The normalized spacial score (nSPS) is 34.5. The number of hydrogen-bond donors (Lipinski definition) is 0. The Balaban J connectivity index is 1.63. The van der Waals surface area contributed by atoms with E-state index in [4.69, 9.17) is 14.2 Å². The molecule has 0 radical (unpaired) electrons. The summed E-state index contributed by atoms with van der Waals surface area (Å²) in [7, 11) is 1.46. The van der Waals surface area contributed by atoms with E-state index in [2.05, 4.69) is 0 Å². The highest BCUT2D eigenvalue weighted by Gasteiger charge is 2.73. The van der Waals surface area contributed by atoms with Crippen LogP contribution in [0.4, 0.5) is 0 Å². The van der Waals surface area contributed by atoms with Gasteiger partial charge in [0.1, 0.15) is 0 Å². The van der Waals surface area contributed by atoms with E-state index >= 15 is 0 Å². The van der Waals surface area contributed by atoms with Crippen molar-refractivity contribution < 1.29 is 28.6 Å². The molecule has 0 heterocycles. The zero-order valence-electron chi connectivity index (χ0n) is 17.7. The molecule has 0 N–H and O–H groups in total. The highest BCUT2D eigenvalue weighted by molar-refractivity contribution is 6.17. The number of Topliss-reactive ketones (excluding diaryl/α,β-unsaturated/α-hetero) is 2. The van der Waals surface area contributed by atoms with Crippen LogP contribution in [0.1, 0.15) is 32.3 Å². The van der Waals surface area contributed by atoms with Gasteiger partial charge in [-0.2, -0.15) is 0 Å². The minimum absolute atomic E-state index is 0.0429. The van der Waals surface area contributed by atoms with E-state index in [1.807, 2.05) is 37.3 Å². The fraction of sp³-hybridized carbons (Fsp3) is 0.542. The van der Waals surface area contributed by atoms with E-state index in [-0.39, 0.29) is 35.8 Å². The summed E-state index contributed by atoms with van der Waals surface area (Å²) >= 11 is 0. The Morgan fingerprint density at radius 3 is 2.57 bits per heavy atom. The van der Waals surface area contributed by atoms with E-state index in [0.717, 1.165) is 18.4 Å². The molecule has 2 saturated carbocycles. The van der Waals surface area contributed by atoms with Crippen molar-refractivity contribution in [3.63, 3.8) is 0 Å². The van der Waals surface area contributed by atoms with Crippen LogP contribution in [-0.4, -0.2) is 37.9 Å². The Hall–Kier alpha value is -2.47. The predicted molar refractivity (Wildman–Crippen MR) is 108 cm³/mol. The molecule has 2 fully saturated rings. The second-order valence-electron chi connectivity index (χ2n) is 8.92. The van der Waals surface area contributed by atoms with Gasteiger partial charge < -0.3 is 14.2 Å². The SMILES string of the molecule is COC1=C[C@@]23C(=O)[C@@H](C1=O)[C@](C)(COC(C)=O)[C@@H]2CC[C@H]3COCc1ccccc1. The number of methoxy groups -OCH3 is 1. The number of ether oxygens (including phenoxy) is 3. The van der Waals surface area contributed by atoms with Gasteiger partial charge >= 0.3 is 5.97 Å². The van der Waals surface area contributed by atoms with Crippen LogP contribution in [0.2, 0.25) is 0 Å². The highest BCUT2D eigenvalue weighted by Crippen LogP contribution is 2.68. The molecule has 4 rings (SSSR count). The lowest BCUT2D eigenvalue weighted by Gasteiger charge is -2.35. The number of hydrogen-bond acceptors (Lipinski definition) is 6. The monoisotopic (exact) mass is 412 g/mol. The van der Waals surface area contributed by atoms with E-state index in [0.29, 0.717) is 13.2 Å². The molecule has 0 saturated heterocycles. The maximum atomic E-state index is 13.6. The lowest BCUT2D eigenvalue weighted by molar-refractivity contribution is -0.150. The number of ketones is 2. The van der Waals surface area contributed by atoms with Crippen LogP contribution in [0, 0.1) is 28.6 Å². The summed E-state index contributed by atoms with van der Waals surface area (Å²) in [5.74, 6) is -1.53. The summed E-state index contributed by atoms with van der Waals surface area (Å²) in [4.78, 5) is 38.2. The van der Waals surface area contributed by atoms with Crippen molar-refractivity contribution in [1.82, 2.24) is 0 Å². The highest BCUT2D eigenvalue weighted by atomic mass is 16.5. The van der Waals surface area contributed by atoms with Gasteiger partial charge in [-0.1, -0.05) is 37.3 Å². The van der Waals surface area contributed by atoms with Crippen LogP contribution >= 0.6 is 0 Å². The Kier molecular flexibility index (Phi) is 5.30. The minimum atomic E-state index is -0.848. The van der Waals surface area contributed by atoms with Gasteiger partial charge in [0.05, 0.1) is 38.3 Å². The van der Waals surface area contributed by atoms with Crippen molar-refractivity contribution in [2.45, 2.75) is 33.3 Å². The van der Waals surface area contributed by atoms with Crippen molar-refractivity contribution in [3.8, 4) is 0 Å². The summed E-state index contributed by atoms with van der Waals surface area (Å²) in [6.07, 6.45) is 3.34. The molecule has 160 valence electrons. The summed E-state index contributed by atoms with van der Waals surface area (Å²) in [5.41, 5.74) is -0.480. The van der Waals surface area contributed by atoms with E-state index < -0.39 is 22.7 Å². The molecule has 1 spiro atoms. The number of carbonyl (C=O) groups excluding carboxylic acids is 3.